The molecule has 0 spiro atoms. The summed E-state index contributed by atoms with van der Waals surface area (Å²) >= 11 is 1.75. The number of carbonyl (C=O) groups is 1. The van der Waals surface area contributed by atoms with Crippen molar-refractivity contribution in [2.75, 3.05) is 26.7 Å². The third-order valence-electron chi connectivity index (χ3n) is 4.21. The lowest BCUT2D eigenvalue weighted by atomic mass is 10.2. The molecule has 0 aliphatic carbocycles. The molecule has 6 nitrogen and oxygen atoms in total. The number of rotatable bonds is 10. The van der Waals surface area contributed by atoms with Gasteiger partial charge in [-0.3, -0.25) is 9.79 Å². The van der Waals surface area contributed by atoms with Crippen LogP contribution >= 0.6 is 11.3 Å². The first kappa shape index (κ1) is 21.9. The van der Waals surface area contributed by atoms with E-state index in [0.29, 0.717) is 26.1 Å². The number of benzene rings is 1. The van der Waals surface area contributed by atoms with E-state index < -0.39 is 0 Å². The zero-order chi connectivity index (χ0) is 20.2. The number of amides is 1. The fourth-order valence-corrected chi connectivity index (χ4v) is 3.51. The first-order chi connectivity index (χ1) is 13.6. The molecule has 2 rings (SSSR count). The molecule has 0 aliphatic heterocycles. The topological polar surface area (TPSA) is 69.6 Å². The normalized spacial score (nSPS) is 11.3. The number of thiazole rings is 1. The molecule has 0 saturated carbocycles. The number of aryl methyl sites for hydroxylation is 1. The quantitative estimate of drug-likeness (QED) is 0.474. The number of guanidine groups is 1. The molecule has 0 unspecified atom stereocenters. The van der Waals surface area contributed by atoms with Crippen molar-refractivity contribution in [1.29, 1.82) is 0 Å². The van der Waals surface area contributed by atoms with Crippen molar-refractivity contribution >= 4 is 23.2 Å². The van der Waals surface area contributed by atoms with Gasteiger partial charge >= 0.3 is 0 Å². The minimum absolute atomic E-state index is 0.113. The molecule has 152 valence electrons. The van der Waals surface area contributed by atoms with Crippen molar-refractivity contribution in [3.05, 3.63) is 52.0 Å². The second kappa shape index (κ2) is 12.1. The van der Waals surface area contributed by atoms with Gasteiger partial charge in [0.2, 0.25) is 5.91 Å². The maximum atomic E-state index is 12.3. The largest absolute Gasteiger partial charge is 0.357 e. The smallest absolute Gasteiger partial charge is 0.224 e. The third-order valence-corrected chi connectivity index (χ3v) is 5.41. The fraction of sp³-hybridized carbons (Fsp3) is 0.476. The van der Waals surface area contributed by atoms with Crippen molar-refractivity contribution in [1.82, 2.24) is 20.5 Å². The molecule has 0 saturated heterocycles. The summed E-state index contributed by atoms with van der Waals surface area (Å²) in [5.74, 6) is 0.857. The molecular weight excluding hydrogens is 370 g/mol. The number of hydrogen-bond donors (Lipinski definition) is 2. The van der Waals surface area contributed by atoms with Gasteiger partial charge < -0.3 is 15.5 Å². The summed E-state index contributed by atoms with van der Waals surface area (Å²) in [5, 5.41) is 7.59. The molecule has 0 bridgehead atoms. The van der Waals surface area contributed by atoms with Crippen LogP contribution in [0.25, 0.3) is 0 Å². The van der Waals surface area contributed by atoms with Crippen LogP contribution in [0, 0.1) is 0 Å². The van der Waals surface area contributed by atoms with Gasteiger partial charge in [-0.1, -0.05) is 37.3 Å². The van der Waals surface area contributed by atoms with Crippen LogP contribution in [-0.2, 0) is 24.2 Å². The van der Waals surface area contributed by atoms with Crippen molar-refractivity contribution in [2.24, 2.45) is 4.99 Å². The van der Waals surface area contributed by atoms with Gasteiger partial charge in [-0.25, -0.2) is 4.98 Å². The number of nitrogens with one attached hydrogen (secondary N) is 2. The van der Waals surface area contributed by atoms with E-state index in [9.17, 15) is 4.79 Å². The summed E-state index contributed by atoms with van der Waals surface area (Å²) < 4.78 is 0. The van der Waals surface area contributed by atoms with E-state index >= 15 is 0 Å². The van der Waals surface area contributed by atoms with Crippen LogP contribution in [0.4, 0.5) is 0 Å². The molecule has 1 aromatic carbocycles. The first-order valence-electron chi connectivity index (χ1n) is 9.86. The van der Waals surface area contributed by atoms with Crippen LogP contribution in [0.5, 0.6) is 0 Å². The Hall–Kier alpha value is -2.41. The Morgan fingerprint density at radius 1 is 1.21 bits per heavy atom. The zero-order valence-electron chi connectivity index (χ0n) is 17.1. The van der Waals surface area contributed by atoms with Gasteiger partial charge in [-0.05, 0) is 18.9 Å². The highest BCUT2D eigenvalue weighted by Crippen LogP contribution is 2.13. The van der Waals surface area contributed by atoms with E-state index in [2.05, 4.69) is 27.5 Å². The average molecular weight is 402 g/mol. The van der Waals surface area contributed by atoms with Gasteiger partial charge in [0.05, 0.1) is 5.01 Å². The molecule has 1 aromatic heterocycles. The van der Waals surface area contributed by atoms with Crippen LogP contribution in [-0.4, -0.2) is 48.4 Å². The molecule has 28 heavy (non-hydrogen) atoms. The molecule has 0 fully saturated rings. The zero-order valence-corrected chi connectivity index (χ0v) is 17.9. The van der Waals surface area contributed by atoms with E-state index in [-0.39, 0.29) is 5.91 Å². The maximum Gasteiger partial charge on any atom is 0.224 e. The van der Waals surface area contributed by atoms with Crippen LogP contribution in [0.1, 0.15) is 35.7 Å². The van der Waals surface area contributed by atoms with E-state index in [1.54, 1.807) is 16.2 Å². The van der Waals surface area contributed by atoms with Gasteiger partial charge in [-0.2, -0.15) is 0 Å². The van der Waals surface area contributed by atoms with E-state index in [0.717, 1.165) is 35.9 Å². The minimum Gasteiger partial charge on any atom is -0.357 e. The lowest BCUT2D eigenvalue weighted by Crippen LogP contribution is -2.39. The fourth-order valence-electron chi connectivity index (χ4n) is 2.66. The highest BCUT2D eigenvalue weighted by atomic mass is 32.1. The summed E-state index contributed by atoms with van der Waals surface area (Å²) in [6, 6.07) is 10.0. The Morgan fingerprint density at radius 2 is 2.00 bits per heavy atom. The van der Waals surface area contributed by atoms with Crippen molar-refractivity contribution in [3.8, 4) is 0 Å². The number of carbonyl (C=O) groups excluding carboxylic acids is 1. The Balaban J connectivity index is 1.74. The minimum atomic E-state index is 0.113. The highest BCUT2D eigenvalue weighted by Gasteiger charge is 2.09. The average Bonchev–Trinajstić information content (AvgIpc) is 3.16. The van der Waals surface area contributed by atoms with Gasteiger partial charge in [0.15, 0.2) is 5.96 Å². The molecule has 1 heterocycles. The molecular formula is C21H31N5OS. The summed E-state index contributed by atoms with van der Waals surface area (Å²) in [5.41, 5.74) is 1.13. The van der Waals surface area contributed by atoms with E-state index in [4.69, 9.17) is 0 Å². The summed E-state index contributed by atoms with van der Waals surface area (Å²) in [6.45, 7) is 6.81. The van der Waals surface area contributed by atoms with Crippen LogP contribution in [0.15, 0.2) is 41.5 Å². The summed E-state index contributed by atoms with van der Waals surface area (Å²) in [4.78, 5) is 24.4. The molecule has 0 aliphatic rings. The number of hydrogen-bond acceptors (Lipinski definition) is 4. The van der Waals surface area contributed by atoms with Gasteiger partial charge in [0, 0.05) is 57.1 Å². The van der Waals surface area contributed by atoms with Crippen molar-refractivity contribution in [3.63, 3.8) is 0 Å². The van der Waals surface area contributed by atoms with Crippen LogP contribution in [0.2, 0.25) is 0 Å². The Labute approximate surface area is 172 Å². The predicted molar refractivity (Wildman–Crippen MR) is 117 cm³/mol. The summed E-state index contributed by atoms with van der Waals surface area (Å²) in [6.07, 6.45) is 4.24. The molecule has 1 amide bonds. The second-order valence-electron chi connectivity index (χ2n) is 6.50. The number of aliphatic imine (C=N–C) groups is 1. The molecule has 2 aromatic rings. The third kappa shape index (κ3) is 7.68. The van der Waals surface area contributed by atoms with E-state index in [1.807, 2.05) is 50.5 Å². The molecule has 7 heteroatoms. The Morgan fingerprint density at radius 3 is 2.68 bits per heavy atom. The summed E-state index contributed by atoms with van der Waals surface area (Å²) in [7, 11) is 1.84. The van der Waals surface area contributed by atoms with E-state index in [1.165, 1.54) is 4.88 Å². The van der Waals surface area contributed by atoms with Gasteiger partial charge in [0.25, 0.3) is 0 Å². The van der Waals surface area contributed by atoms with Crippen LogP contribution in [0.3, 0.4) is 0 Å². The Bertz CT molecular complexity index is 744. The molecule has 2 N–H and O–H groups in total. The lowest BCUT2D eigenvalue weighted by Gasteiger charge is -2.18. The number of nitrogens with zero attached hydrogens (tertiary/aromatic N) is 3. The lowest BCUT2D eigenvalue weighted by molar-refractivity contribution is -0.130. The Kier molecular flexibility index (Phi) is 9.48. The predicted octanol–water partition coefficient (Wildman–Crippen LogP) is 2.85. The van der Waals surface area contributed by atoms with Crippen molar-refractivity contribution in [2.45, 2.75) is 39.7 Å². The van der Waals surface area contributed by atoms with Gasteiger partial charge in [-0.15, -0.1) is 11.3 Å². The van der Waals surface area contributed by atoms with Gasteiger partial charge in [0.1, 0.15) is 0 Å². The molecule has 0 atom stereocenters. The maximum absolute atomic E-state index is 12.3. The SMILES string of the molecule is CCNC(=NCCc1ncc(CC)s1)NCCC(=O)N(C)Cc1ccccc1. The first-order valence-corrected chi connectivity index (χ1v) is 10.7. The monoisotopic (exact) mass is 401 g/mol. The highest BCUT2D eigenvalue weighted by molar-refractivity contribution is 7.11. The molecule has 0 radical (unpaired) electrons. The standard InChI is InChI=1S/C21H31N5OS/c1-4-18-15-25-19(28-18)11-13-23-21(22-5-2)24-14-12-20(27)26(3)16-17-9-7-6-8-10-17/h6-10,15H,4-5,11-14,16H2,1-3H3,(H2,22,23,24). The van der Waals surface area contributed by atoms with Crippen LogP contribution < -0.4 is 10.6 Å². The number of aromatic nitrogens is 1. The second-order valence-corrected chi connectivity index (χ2v) is 7.70. The van der Waals surface area contributed by atoms with Crippen molar-refractivity contribution < 1.29 is 4.79 Å².